The molecule has 0 fully saturated rings. The maximum absolute atomic E-state index is 12.4. The molecule has 21 heavy (non-hydrogen) atoms. The van der Waals surface area contributed by atoms with Crippen LogP contribution in [0.25, 0.3) is 0 Å². The molecule has 0 radical (unpaired) electrons. The molecule has 1 rings (SSSR count). The SMILES string of the molecule is CC(Cl)C(=O)NCCNC(=O)c1ccc(C(F)(F)F)cc1. The van der Waals surface area contributed by atoms with Crippen LogP contribution in [-0.4, -0.2) is 30.3 Å². The number of nitrogens with one attached hydrogen (secondary N) is 2. The van der Waals surface area contributed by atoms with Crippen molar-refractivity contribution in [3.63, 3.8) is 0 Å². The Bertz CT molecular complexity index is 501. The van der Waals surface area contributed by atoms with E-state index in [-0.39, 0.29) is 24.6 Å². The van der Waals surface area contributed by atoms with Crippen LogP contribution in [0.5, 0.6) is 0 Å². The van der Waals surface area contributed by atoms with Crippen LogP contribution in [0.2, 0.25) is 0 Å². The lowest BCUT2D eigenvalue weighted by Gasteiger charge is -2.09. The molecule has 0 aromatic heterocycles. The van der Waals surface area contributed by atoms with Gasteiger partial charge in [-0.15, -0.1) is 11.6 Å². The third-order valence-electron chi connectivity index (χ3n) is 2.55. The van der Waals surface area contributed by atoms with Gasteiger partial charge in [-0.1, -0.05) is 0 Å². The van der Waals surface area contributed by atoms with Crippen molar-refractivity contribution in [3.8, 4) is 0 Å². The molecule has 0 aliphatic heterocycles. The summed E-state index contributed by atoms with van der Waals surface area (Å²) in [6.07, 6.45) is -4.43. The Kier molecular flexibility index (Phi) is 6.02. The van der Waals surface area contributed by atoms with Crippen molar-refractivity contribution in [1.82, 2.24) is 10.6 Å². The van der Waals surface area contributed by atoms with Crippen molar-refractivity contribution in [2.75, 3.05) is 13.1 Å². The van der Waals surface area contributed by atoms with Gasteiger partial charge < -0.3 is 10.6 Å². The largest absolute Gasteiger partial charge is 0.416 e. The summed E-state index contributed by atoms with van der Waals surface area (Å²) in [6, 6.07) is 3.87. The second-order valence-corrected chi connectivity index (χ2v) is 4.89. The molecule has 116 valence electrons. The molecule has 0 aliphatic carbocycles. The van der Waals surface area contributed by atoms with E-state index in [0.717, 1.165) is 24.3 Å². The highest BCUT2D eigenvalue weighted by molar-refractivity contribution is 6.30. The van der Waals surface area contributed by atoms with E-state index in [1.807, 2.05) is 0 Å². The van der Waals surface area contributed by atoms with Crippen molar-refractivity contribution in [2.45, 2.75) is 18.5 Å². The van der Waals surface area contributed by atoms with Crippen LogP contribution in [0, 0.1) is 0 Å². The summed E-state index contributed by atoms with van der Waals surface area (Å²) < 4.78 is 37.1. The van der Waals surface area contributed by atoms with Crippen LogP contribution in [0.1, 0.15) is 22.8 Å². The number of carbonyl (C=O) groups is 2. The molecule has 1 aromatic carbocycles. The van der Waals surface area contributed by atoms with Crippen molar-refractivity contribution >= 4 is 23.4 Å². The number of rotatable bonds is 5. The zero-order valence-electron chi connectivity index (χ0n) is 11.1. The first-order valence-corrected chi connectivity index (χ1v) is 6.52. The number of carbonyl (C=O) groups excluding carboxylic acids is 2. The van der Waals surface area contributed by atoms with Gasteiger partial charge in [-0.2, -0.15) is 13.2 Å². The van der Waals surface area contributed by atoms with Crippen LogP contribution in [0.4, 0.5) is 13.2 Å². The highest BCUT2D eigenvalue weighted by Gasteiger charge is 2.30. The van der Waals surface area contributed by atoms with Gasteiger partial charge in [0.05, 0.1) is 5.56 Å². The van der Waals surface area contributed by atoms with Crippen LogP contribution in [-0.2, 0) is 11.0 Å². The lowest BCUT2D eigenvalue weighted by atomic mass is 10.1. The molecule has 0 saturated heterocycles. The average Bonchev–Trinajstić information content (AvgIpc) is 2.42. The second-order valence-electron chi connectivity index (χ2n) is 4.24. The minimum absolute atomic E-state index is 0.111. The predicted molar refractivity (Wildman–Crippen MR) is 72.1 cm³/mol. The maximum Gasteiger partial charge on any atom is 0.416 e. The zero-order chi connectivity index (χ0) is 16.0. The van der Waals surface area contributed by atoms with E-state index in [0.29, 0.717) is 0 Å². The second kappa shape index (κ2) is 7.31. The Hall–Kier alpha value is -1.76. The molecule has 0 aliphatic rings. The molecule has 2 amide bonds. The van der Waals surface area contributed by atoms with Crippen molar-refractivity contribution in [3.05, 3.63) is 35.4 Å². The molecule has 8 heteroatoms. The summed E-state index contributed by atoms with van der Waals surface area (Å²) >= 11 is 5.53. The summed E-state index contributed by atoms with van der Waals surface area (Å²) in [7, 11) is 0. The van der Waals surface area contributed by atoms with Gasteiger partial charge in [0.25, 0.3) is 5.91 Å². The van der Waals surface area contributed by atoms with Crippen molar-refractivity contribution in [2.24, 2.45) is 0 Å². The smallest absolute Gasteiger partial charge is 0.353 e. The molecule has 1 atom stereocenters. The standard InChI is InChI=1S/C13H14ClF3N2O2/c1-8(14)11(20)18-6-7-19-12(21)9-2-4-10(5-3-9)13(15,16)17/h2-5,8H,6-7H2,1H3,(H,18,20)(H,19,21). The van der Waals surface area contributed by atoms with Crippen LogP contribution in [0.15, 0.2) is 24.3 Å². The molecule has 0 heterocycles. The number of halogens is 4. The number of alkyl halides is 4. The third kappa shape index (κ3) is 5.63. The minimum atomic E-state index is -4.43. The normalized spacial score (nSPS) is 12.6. The van der Waals surface area contributed by atoms with Crippen molar-refractivity contribution in [1.29, 1.82) is 0 Å². The molecule has 1 aromatic rings. The van der Waals surface area contributed by atoms with Crippen LogP contribution in [0.3, 0.4) is 0 Å². The lowest BCUT2D eigenvalue weighted by Crippen LogP contribution is -2.37. The highest BCUT2D eigenvalue weighted by Crippen LogP contribution is 2.28. The summed E-state index contributed by atoms with van der Waals surface area (Å²) in [4.78, 5) is 22.8. The van der Waals surface area contributed by atoms with Crippen LogP contribution >= 0.6 is 11.6 Å². The molecule has 0 saturated carbocycles. The zero-order valence-corrected chi connectivity index (χ0v) is 11.9. The Balaban J connectivity index is 2.44. The summed E-state index contributed by atoms with van der Waals surface area (Å²) in [5, 5.41) is 4.29. The van der Waals surface area contributed by atoms with Crippen molar-refractivity contribution < 1.29 is 22.8 Å². The Morgan fingerprint density at radius 2 is 1.67 bits per heavy atom. The number of hydrogen-bond donors (Lipinski definition) is 2. The fourth-order valence-corrected chi connectivity index (χ4v) is 1.49. The van der Waals surface area contributed by atoms with Gasteiger partial charge in [0, 0.05) is 18.7 Å². The quantitative estimate of drug-likeness (QED) is 0.645. The molecular formula is C13H14ClF3N2O2. The van der Waals surface area contributed by atoms with E-state index in [2.05, 4.69) is 10.6 Å². The predicted octanol–water partition coefficient (Wildman–Crippen LogP) is 2.18. The Labute approximate surface area is 124 Å². The van der Waals surface area contributed by atoms with E-state index in [1.165, 1.54) is 6.92 Å². The van der Waals surface area contributed by atoms with E-state index in [1.54, 1.807) is 0 Å². The summed E-state index contributed by atoms with van der Waals surface area (Å²) in [5.41, 5.74) is -0.706. The lowest BCUT2D eigenvalue weighted by molar-refractivity contribution is -0.137. The van der Waals surface area contributed by atoms with Gasteiger partial charge in [-0.05, 0) is 31.2 Å². The molecular weight excluding hydrogens is 309 g/mol. The summed E-state index contributed by atoms with van der Waals surface area (Å²) in [6.45, 7) is 1.84. The first-order chi connectivity index (χ1) is 9.71. The molecule has 0 bridgehead atoms. The van der Waals surface area contributed by atoms with E-state index >= 15 is 0 Å². The van der Waals surface area contributed by atoms with Gasteiger partial charge >= 0.3 is 6.18 Å². The highest BCUT2D eigenvalue weighted by atomic mass is 35.5. The third-order valence-corrected chi connectivity index (χ3v) is 2.74. The minimum Gasteiger partial charge on any atom is -0.353 e. The molecule has 4 nitrogen and oxygen atoms in total. The Morgan fingerprint density at radius 1 is 1.14 bits per heavy atom. The van der Waals surface area contributed by atoms with Gasteiger partial charge in [-0.3, -0.25) is 9.59 Å². The van der Waals surface area contributed by atoms with Gasteiger partial charge in [0.2, 0.25) is 5.91 Å². The Morgan fingerprint density at radius 3 is 2.14 bits per heavy atom. The molecule has 2 N–H and O–H groups in total. The first kappa shape index (κ1) is 17.3. The van der Waals surface area contributed by atoms with Gasteiger partial charge in [0.1, 0.15) is 5.38 Å². The number of benzene rings is 1. The first-order valence-electron chi connectivity index (χ1n) is 6.09. The van der Waals surface area contributed by atoms with Gasteiger partial charge in [0.15, 0.2) is 0 Å². The molecule has 1 unspecified atom stereocenters. The average molecular weight is 323 g/mol. The monoisotopic (exact) mass is 322 g/mol. The number of amides is 2. The van der Waals surface area contributed by atoms with E-state index in [9.17, 15) is 22.8 Å². The topological polar surface area (TPSA) is 58.2 Å². The maximum atomic E-state index is 12.4. The fraction of sp³-hybridized carbons (Fsp3) is 0.385. The number of hydrogen-bond acceptors (Lipinski definition) is 2. The fourth-order valence-electron chi connectivity index (χ4n) is 1.42. The summed E-state index contributed by atoms with van der Waals surface area (Å²) in [5.74, 6) is -0.877. The molecule has 0 spiro atoms. The van der Waals surface area contributed by atoms with E-state index < -0.39 is 23.0 Å². The van der Waals surface area contributed by atoms with Gasteiger partial charge in [-0.25, -0.2) is 0 Å². The van der Waals surface area contributed by atoms with E-state index in [4.69, 9.17) is 11.6 Å². The van der Waals surface area contributed by atoms with Crippen LogP contribution < -0.4 is 10.6 Å².